The van der Waals surface area contributed by atoms with Crippen LogP contribution in [0.1, 0.15) is 24.3 Å². The van der Waals surface area contributed by atoms with E-state index in [1.165, 1.54) is 0 Å². The maximum Gasteiger partial charge on any atom is 0.303 e. The third kappa shape index (κ3) is 3.18. The van der Waals surface area contributed by atoms with Crippen molar-refractivity contribution in [1.29, 1.82) is 0 Å². The first-order valence-corrected chi connectivity index (χ1v) is 4.61. The lowest BCUT2D eigenvalue weighted by Gasteiger charge is -2.12. The largest absolute Gasteiger partial charge is 0.481 e. The molecule has 0 saturated heterocycles. The van der Waals surface area contributed by atoms with Gasteiger partial charge in [-0.1, -0.05) is 30.3 Å². The van der Waals surface area contributed by atoms with Crippen molar-refractivity contribution >= 4 is 5.97 Å². The second-order valence-electron chi connectivity index (χ2n) is 3.22. The summed E-state index contributed by atoms with van der Waals surface area (Å²) in [5.41, 5.74) is 0.997. The molecule has 1 aromatic carbocycles. The van der Waals surface area contributed by atoms with E-state index in [0.717, 1.165) is 5.56 Å². The van der Waals surface area contributed by atoms with Gasteiger partial charge < -0.3 is 10.2 Å². The molecule has 0 bridgehead atoms. The molecular formula is C11H14O3. The Morgan fingerprint density at radius 2 is 1.93 bits per heavy atom. The van der Waals surface area contributed by atoms with Gasteiger partial charge in [0.1, 0.15) is 0 Å². The van der Waals surface area contributed by atoms with Crippen molar-refractivity contribution in [2.24, 2.45) is 0 Å². The lowest BCUT2D eigenvalue weighted by atomic mass is 9.95. The van der Waals surface area contributed by atoms with Crippen LogP contribution in [0.15, 0.2) is 30.3 Å². The van der Waals surface area contributed by atoms with E-state index in [9.17, 15) is 4.79 Å². The fourth-order valence-corrected chi connectivity index (χ4v) is 1.39. The zero-order chi connectivity index (χ0) is 10.4. The minimum Gasteiger partial charge on any atom is -0.481 e. The first kappa shape index (κ1) is 10.7. The summed E-state index contributed by atoms with van der Waals surface area (Å²) >= 11 is 0. The number of carboxylic acids is 1. The number of aliphatic carboxylic acids is 1. The van der Waals surface area contributed by atoms with Gasteiger partial charge in [0.2, 0.25) is 0 Å². The molecule has 0 spiro atoms. The molecule has 1 aromatic rings. The summed E-state index contributed by atoms with van der Waals surface area (Å²) in [5, 5.41) is 17.6. The summed E-state index contributed by atoms with van der Waals surface area (Å²) in [5.74, 6) is -0.883. The lowest BCUT2D eigenvalue weighted by molar-refractivity contribution is -0.137. The van der Waals surface area contributed by atoms with Crippen LogP contribution in [0.25, 0.3) is 0 Å². The van der Waals surface area contributed by atoms with E-state index >= 15 is 0 Å². The van der Waals surface area contributed by atoms with Crippen LogP contribution < -0.4 is 0 Å². The molecule has 1 rings (SSSR count). The third-order valence-corrected chi connectivity index (χ3v) is 2.20. The van der Waals surface area contributed by atoms with Crippen LogP contribution in [0.5, 0.6) is 0 Å². The summed E-state index contributed by atoms with van der Waals surface area (Å²) in [6, 6.07) is 9.48. The zero-order valence-corrected chi connectivity index (χ0v) is 7.89. The number of aliphatic hydroxyl groups is 1. The van der Waals surface area contributed by atoms with Gasteiger partial charge in [0.05, 0.1) is 0 Å². The molecule has 0 aromatic heterocycles. The quantitative estimate of drug-likeness (QED) is 0.749. The number of rotatable bonds is 5. The Hall–Kier alpha value is -1.35. The Bertz CT molecular complexity index is 282. The van der Waals surface area contributed by atoms with Gasteiger partial charge in [0.15, 0.2) is 0 Å². The van der Waals surface area contributed by atoms with E-state index in [1.54, 1.807) is 0 Å². The molecule has 0 aliphatic carbocycles. The molecule has 0 fully saturated rings. The fourth-order valence-electron chi connectivity index (χ4n) is 1.39. The summed E-state index contributed by atoms with van der Waals surface area (Å²) < 4.78 is 0. The maximum atomic E-state index is 10.4. The molecule has 0 aliphatic rings. The molecule has 0 amide bonds. The van der Waals surface area contributed by atoms with E-state index in [1.807, 2.05) is 30.3 Å². The normalized spacial score (nSPS) is 12.4. The Balaban J connectivity index is 2.58. The molecule has 1 unspecified atom stereocenters. The summed E-state index contributed by atoms with van der Waals surface area (Å²) in [6.45, 7) is -0.00269. The second kappa shape index (κ2) is 5.40. The van der Waals surface area contributed by atoms with E-state index in [0.29, 0.717) is 6.42 Å². The van der Waals surface area contributed by atoms with Crippen molar-refractivity contribution < 1.29 is 15.0 Å². The molecule has 3 heteroatoms. The molecule has 2 N–H and O–H groups in total. The monoisotopic (exact) mass is 194 g/mol. The Morgan fingerprint density at radius 1 is 1.29 bits per heavy atom. The number of carbonyl (C=O) groups is 1. The highest BCUT2D eigenvalue weighted by atomic mass is 16.4. The molecule has 14 heavy (non-hydrogen) atoms. The van der Waals surface area contributed by atoms with Gasteiger partial charge in [-0.2, -0.15) is 0 Å². The van der Waals surface area contributed by atoms with Gasteiger partial charge in [-0.15, -0.1) is 0 Å². The number of carboxylic acid groups (broad SMARTS) is 1. The van der Waals surface area contributed by atoms with Crippen LogP contribution in [0.3, 0.4) is 0 Å². The number of hydrogen-bond donors (Lipinski definition) is 2. The van der Waals surface area contributed by atoms with Crippen molar-refractivity contribution in [3.63, 3.8) is 0 Å². The molecule has 0 heterocycles. The maximum absolute atomic E-state index is 10.4. The van der Waals surface area contributed by atoms with E-state index in [2.05, 4.69) is 0 Å². The molecule has 0 radical (unpaired) electrons. The lowest BCUT2D eigenvalue weighted by Crippen LogP contribution is -2.07. The summed E-state index contributed by atoms with van der Waals surface area (Å²) in [4.78, 5) is 10.4. The van der Waals surface area contributed by atoms with E-state index in [-0.39, 0.29) is 18.9 Å². The predicted molar refractivity (Wildman–Crippen MR) is 53.1 cm³/mol. The van der Waals surface area contributed by atoms with E-state index in [4.69, 9.17) is 10.2 Å². The van der Waals surface area contributed by atoms with Crippen molar-refractivity contribution in [1.82, 2.24) is 0 Å². The predicted octanol–water partition coefficient (Wildman–Crippen LogP) is 1.63. The molecule has 1 atom stereocenters. The third-order valence-electron chi connectivity index (χ3n) is 2.20. The number of benzene rings is 1. The summed E-state index contributed by atoms with van der Waals surface area (Å²) in [7, 11) is 0. The van der Waals surface area contributed by atoms with Crippen LogP contribution in [0, 0.1) is 0 Å². The average Bonchev–Trinajstić information content (AvgIpc) is 2.20. The Labute approximate surface area is 83.0 Å². The molecule has 0 aliphatic heterocycles. The highest BCUT2D eigenvalue weighted by molar-refractivity contribution is 5.66. The minimum atomic E-state index is -0.820. The highest BCUT2D eigenvalue weighted by Gasteiger charge is 2.11. The van der Waals surface area contributed by atoms with Gasteiger partial charge in [-0.3, -0.25) is 4.79 Å². The van der Waals surface area contributed by atoms with Crippen molar-refractivity contribution in [2.45, 2.75) is 18.8 Å². The molecule has 3 nitrogen and oxygen atoms in total. The molecule has 0 saturated carbocycles. The molecule has 76 valence electrons. The Morgan fingerprint density at radius 3 is 2.43 bits per heavy atom. The highest BCUT2D eigenvalue weighted by Crippen LogP contribution is 2.20. The van der Waals surface area contributed by atoms with Gasteiger partial charge in [-0.25, -0.2) is 0 Å². The van der Waals surface area contributed by atoms with Crippen molar-refractivity contribution in [2.75, 3.05) is 6.61 Å². The van der Waals surface area contributed by atoms with Gasteiger partial charge in [0.25, 0.3) is 0 Å². The first-order chi connectivity index (χ1) is 6.74. The van der Waals surface area contributed by atoms with Crippen LogP contribution in [0.4, 0.5) is 0 Å². The van der Waals surface area contributed by atoms with Gasteiger partial charge in [0, 0.05) is 18.9 Å². The van der Waals surface area contributed by atoms with Crippen LogP contribution in [-0.4, -0.2) is 22.8 Å². The minimum absolute atomic E-state index is 0.00269. The van der Waals surface area contributed by atoms with E-state index < -0.39 is 5.97 Å². The standard InChI is InChI=1S/C11H14O3/c12-8-10(6-7-11(13)14)9-4-2-1-3-5-9/h1-5,10,12H,6-8H2,(H,13,14). The van der Waals surface area contributed by atoms with Crippen LogP contribution in [0.2, 0.25) is 0 Å². The van der Waals surface area contributed by atoms with Crippen molar-refractivity contribution in [3.05, 3.63) is 35.9 Å². The summed E-state index contributed by atoms with van der Waals surface area (Å²) in [6.07, 6.45) is 0.579. The van der Waals surface area contributed by atoms with Crippen LogP contribution >= 0.6 is 0 Å². The SMILES string of the molecule is O=C(O)CCC(CO)c1ccccc1. The smallest absolute Gasteiger partial charge is 0.303 e. The zero-order valence-electron chi connectivity index (χ0n) is 7.89. The Kier molecular flexibility index (Phi) is 4.13. The number of hydrogen-bond acceptors (Lipinski definition) is 2. The molecular weight excluding hydrogens is 180 g/mol. The second-order valence-corrected chi connectivity index (χ2v) is 3.22. The van der Waals surface area contributed by atoms with Gasteiger partial charge in [-0.05, 0) is 12.0 Å². The first-order valence-electron chi connectivity index (χ1n) is 4.61. The topological polar surface area (TPSA) is 57.5 Å². The van der Waals surface area contributed by atoms with Crippen LogP contribution in [-0.2, 0) is 4.79 Å². The van der Waals surface area contributed by atoms with Crippen molar-refractivity contribution in [3.8, 4) is 0 Å². The average molecular weight is 194 g/mol. The van der Waals surface area contributed by atoms with Gasteiger partial charge >= 0.3 is 5.97 Å². The fraction of sp³-hybridized carbons (Fsp3) is 0.364. The number of aliphatic hydroxyl groups excluding tert-OH is 1.